The first-order valence-corrected chi connectivity index (χ1v) is 7.10. The van der Waals surface area contributed by atoms with Gasteiger partial charge < -0.3 is 9.67 Å². The van der Waals surface area contributed by atoms with Crippen LogP contribution in [0.3, 0.4) is 0 Å². The van der Waals surface area contributed by atoms with Crippen molar-refractivity contribution in [2.75, 3.05) is 0 Å². The Morgan fingerprint density at radius 2 is 1.95 bits per heavy atom. The zero-order valence-electron chi connectivity index (χ0n) is 12.0. The number of hydrogen-bond acceptors (Lipinski definition) is 2. The molecule has 110 valence electrons. The molecule has 1 fully saturated rings. The van der Waals surface area contributed by atoms with E-state index >= 15 is 0 Å². The lowest BCUT2D eigenvalue weighted by Crippen LogP contribution is -2.08. The molecule has 1 aliphatic rings. The monoisotopic (exact) mass is 288 g/mol. The van der Waals surface area contributed by atoms with Crippen molar-refractivity contribution in [1.29, 1.82) is 0 Å². The second-order valence-electron chi connectivity index (χ2n) is 5.72. The molecule has 1 heterocycles. The molecule has 1 aromatic carbocycles. The van der Waals surface area contributed by atoms with Crippen LogP contribution >= 0.6 is 0 Å². The molecule has 4 nitrogen and oxygen atoms in total. The minimum Gasteiger partial charge on any atom is -0.476 e. The highest BCUT2D eigenvalue weighted by atomic mass is 19.1. The van der Waals surface area contributed by atoms with Gasteiger partial charge in [-0.15, -0.1) is 0 Å². The van der Waals surface area contributed by atoms with E-state index in [4.69, 9.17) is 0 Å². The number of carbonyl (C=O) groups is 1. The summed E-state index contributed by atoms with van der Waals surface area (Å²) in [6.07, 6.45) is 2.09. The smallest absolute Gasteiger partial charge is 0.356 e. The van der Waals surface area contributed by atoms with E-state index in [1.165, 1.54) is 12.1 Å². The SMILES string of the molecule is CC(C)n1c(C2CC2)nc(C(=O)O)c1-c1ccc(F)cc1. The lowest BCUT2D eigenvalue weighted by molar-refractivity contribution is 0.0691. The van der Waals surface area contributed by atoms with E-state index in [9.17, 15) is 14.3 Å². The van der Waals surface area contributed by atoms with Gasteiger partial charge >= 0.3 is 5.97 Å². The van der Waals surface area contributed by atoms with Crippen LogP contribution < -0.4 is 0 Å². The summed E-state index contributed by atoms with van der Waals surface area (Å²) in [7, 11) is 0. The van der Waals surface area contributed by atoms with Crippen LogP contribution in [-0.2, 0) is 0 Å². The van der Waals surface area contributed by atoms with Crippen LogP contribution in [0.4, 0.5) is 4.39 Å². The van der Waals surface area contributed by atoms with Crippen LogP contribution in [0, 0.1) is 5.82 Å². The largest absolute Gasteiger partial charge is 0.476 e. The minimum absolute atomic E-state index is 0.0530. The standard InChI is InChI=1S/C16H17FN2O2/c1-9(2)19-14(10-5-7-12(17)8-6-10)13(16(20)21)18-15(19)11-3-4-11/h5-9,11H,3-4H2,1-2H3,(H,20,21). The summed E-state index contributed by atoms with van der Waals surface area (Å²) in [6.45, 7) is 4.01. The number of benzene rings is 1. The molecule has 0 saturated heterocycles. The van der Waals surface area contributed by atoms with Gasteiger partial charge in [-0.1, -0.05) is 0 Å². The maximum atomic E-state index is 13.1. The molecule has 0 aliphatic heterocycles. The van der Waals surface area contributed by atoms with Crippen LogP contribution in [0.2, 0.25) is 0 Å². The van der Waals surface area contributed by atoms with E-state index in [1.54, 1.807) is 12.1 Å². The Morgan fingerprint density at radius 3 is 2.43 bits per heavy atom. The van der Waals surface area contributed by atoms with Gasteiger partial charge in [0.2, 0.25) is 0 Å². The fourth-order valence-corrected chi connectivity index (χ4v) is 2.63. The molecule has 0 unspecified atom stereocenters. The van der Waals surface area contributed by atoms with E-state index in [1.807, 2.05) is 18.4 Å². The Balaban J connectivity index is 2.24. The van der Waals surface area contributed by atoms with Crippen molar-refractivity contribution in [1.82, 2.24) is 9.55 Å². The Kier molecular flexibility index (Phi) is 3.27. The van der Waals surface area contributed by atoms with E-state index in [2.05, 4.69) is 4.98 Å². The third-order valence-corrected chi connectivity index (χ3v) is 3.72. The number of halogens is 1. The summed E-state index contributed by atoms with van der Waals surface area (Å²) in [6, 6.07) is 5.99. The molecule has 21 heavy (non-hydrogen) atoms. The molecule has 0 bridgehead atoms. The average molecular weight is 288 g/mol. The Labute approximate surface area is 122 Å². The third-order valence-electron chi connectivity index (χ3n) is 3.72. The molecule has 0 radical (unpaired) electrons. The summed E-state index contributed by atoms with van der Waals surface area (Å²) in [5.41, 5.74) is 1.30. The number of aromatic nitrogens is 2. The number of nitrogens with zero attached hydrogens (tertiary/aromatic N) is 2. The molecule has 1 saturated carbocycles. The van der Waals surface area contributed by atoms with E-state index < -0.39 is 5.97 Å². The Hall–Kier alpha value is -2.17. The number of imidazole rings is 1. The molecule has 1 N–H and O–H groups in total. The highest BCUT2D eigenvalue weighted by Gasteiger charge is 2.34. The first-order valence-electron chi connectivity index (χ1n) is 7.10. The fourth-order valence-electron chi connectivity index (χ4n) is 2.63. The van der Waals surface area contributed by atoms with Crippen LogP contribution in [0.5, 0.6) is 0 Å². The fraction of sp³-hybridized carbons (Fsp3) is 0.375. The highest BCUT2D eigenvalue weighted by Crippen LogP contribution is 2.43. The lowest BCUT2D eigenvalue weighted by Gasteiger charge is -2.16. The second-order valence-corrected chi connectivity index (χ2v) is 5.72. The van der Waals surface area contributed by atoms with Gasteiger partial charge in [0.25, 0.3) is 0 Å². The van der Waals surface area contributed by atoms with E-state index in [0.717, 1.165) is 18.7 Å². The van der Waals surface area contributed by atoms with Crippen LogP contribution in [0.1, 0.15) is 55.0 Å². The molecular formula is C16H17FN2O2. The number of carboxylic acids is 1. The first kappa shape index (κ1) is 13.8. The average Bonchev–Trinajstić information content (AvgIpc) is 3.19. The second kappa shape index (κ2) is 4.98. The van der Waals surface area contributed by atoms with Crippen molar-refractivity contribution in [2.45, 2.75) is 38.6 Å². The number of rotatable bonds is 4. The summed E-state index contributed by atoms with van der Waals surface area (Å²) in [5, 5.41) is 9.45. The summed E-state index contributed by atoms with van der Waals surface area (Å²) in [5.74, 6) is -0.203. The Bertz CT molecular complexity index is 685. The molecule has 1 aromatic heterocycles. The zero-order valence-corrected chi connectivity index (χ0v) is 12.0. The van der Waals surface area contributed by atoms with Crippen molar-refractivity contribution < 1.29 is 14.3 Å². The van der Waals surface area contributed by atoms with Gasteiger partial charge in [-0.3, -0.25) is 0 Å². The van der Waals surface area contributed by atoms with Crippen LogP contribution in [-0.4, -0.2) is 20.6 Å². The summed E-state index contributed by atoms with van der Waals surface area (Å²) >= 11 is 0. The maximum Gasteiger partial charge on any atom is 0.356 e. The van der Waals surface area contributed by atoms with Gasteiger partial charge in [0.15, 0.2) is 5.69 Å². The highest BCUT2D eigenvalue weighted by molar-refractivity contribution is 5.93. The number of aromatic carboxylic acids is 1. The van der Waals surface area contributed by atoms with Crippen LogP contribution in [0.15, 0.2) is 24.3 Å². The van der Waals surface area contributed by atoms with Gasteiger partial charge in [0.05, 0.1) is 5.69 Å². The normalized spacial score (nSPS) is 14.7. The minimum atomic E-state index is -1.05. The molecule has 0 amide bonds. The van der Waals surface area contributed by atoms with Crippen LogP contribution in [0.25, 0.3) is 11.3 Å². The van der Waals surface area contributed by atoms with Gasteiger partial charge in [-0.05, 0) is 51.0 Å². The van der Waals surface area contributed by atoms with Crippen molar-refractivity contribution in [3.63, 3.8) is 0 Å². The summed E-state index contributed by atoms with van der Waals surface area (Å²) < 4.78 is 15.1. The zero-order chi connectivity index (χ0) is 15.1. The first-order chi connectivity index (χ1) is 9.99. The quantitative estimate of drug-likeness (QED) is 0.929. The molecular weight excluding hydrogens is 271 g/mol. The van der Waals surface area contributed by atoms with Gasteiger partial charge in [0, 0.05) is 17.5 Å². The molecule has 2 aromatic rings. The topological polar surface area (TPSA) is 55.1 Å². The number of carboxylic acid groups (broad SMARTS) is 1. The molecule has 3 rings (SSSR count). The predicted octanol–water partition coefficient (Wildman–Crippen LogP) is 3.85. The lowest BCUT2D eigenvalue weighted by atomic mass is 10.1. The van der Waals surface area contributed by atoms with Crippen molar-refractivity contribution >= 4 is 5.97 Å². The molecule has 0 spiro atoms. The molecule has 5 heteroatoms. The van der Waals surface area contributed by atoms with Crippen molar-refractivity contribution in [3.05, 3.63) is 41.6 Å². The third kappa shape index (κ3) is 2.44. The molecule has 0 atom stereocenters. The number of hydrogen-bond donors (Lipinski definition) is 1. The van der Waals surface area contributed by atoms with Gasteiger partial charge in [-0.2, -0.15) is 0 Å². The van der Waals surface area contributed by atoms with E-state index in [-0.39, 0.29) is 17.6 Å². The Morgan fingerprint density at radius 1 is 1.33 bits per heavy atom. The molecule has 1 aliphatic carbocycles. The summed E-state index contributed by atoms with van der Waals surface area (Å²) in [4.78, 5) is 15.9. The van der Waals surface area contributed by atoms with Gasteiger partial charge in [-0.25, -0.2) is 14.2 Å². The maximum absolute atomic E-state index is 13.1. The van der Waals surface area contributed by atoms with Crippen molar-refractivity contribution in [3.8, 4) is 11.3 Å². The van der Waals surface area contributed by atoms with E-state index in [0.29, 0.717) is 17.2 Å². The predicted molar refractivity (Wildman–Crippen MR) is 76.9 cm³/mol. The van der Waals surface area contributed by atoms with Crippen molar-refractivity contribution in [2.24, 2.45) is 0 Å². The van der Waals surface area contributed by atoms with Gasteiger partial charge in [0.1, 0.15) is 11.6 Å².